The highest BCUT2D eigenvalue weighted by atomic mass is 16.5. The van der Waals surface area contributed by atoms with Crippen molar-refractivity contribution >= 4 is 10.9 Å². The molecule has 8 nitrogen and oxygen atoms in total. The lowest BCUT2D eigenvalue weighted by Crippen LogP contribution is -2.36. The summed E-state index contributed by atoms with van der Waals surface area (Å²) >= 11 is 0. The fourth-order valence-corrected chi connectivity index (χ4v) is 5.20. The SMILES string of the molecule is Cc1ccc2[nH]c(=O)c(CN(Cc3ccccc3)C(c3nnnn3CC3CCCO3)C(C)C)cc2c1. The van der Waals surface area contributed by atoms with E-state index in [0.717, 1.165) is 47.3 Å². The van der Waals surface area contributed by atoms with Crippen molar-refractivity contribution in [2.24, 2.45) is 5.92 Å². The van der Waals surface area contributed by atoms with Crippen LogP contribution in [0.2, 0.25) is 0 Å². The van der Waals surface area contributed by atoms with Gasteiger partial charge in [0.05, 0.1) is 18.7 Å². The summed E-state index contributed by atoms with van der Waals surface area (Å²) < 4.78 is 7.76. The van der Waals surface area contributed by atoms with Crippen molar-refractivity contribution in [1.82, 2.24) is 30.1 Å². The summed E-state index contributed by atoms with van der Waals surface area (Å²) in [4.78, 5) is 18.5. The minimum Gasteiger partial charge on any atom is -0.376 e. The number of fused-ring (bicyclic) bond motifs is 1. The van der Waals surface area contributed by atoms with Gasteiger partial charge in [0, 0.05) is 30.8 Å². The molecule has 1 saturated heterocycles. The average Bonchev–Trinajstić information content (AvgIpc) is 3.53. The lowest BCUT2D eigenvalue weighted by molar-refractivity contribution is 0.0851. The molecule has 2 unspecified atom stereocenters. The quantitative estimate of drug-likeness (QED) is 0.377. The third-order valence-corrected chi connectivity index (χ3v) is 6.93. The topological polar surface area (TPSA) is 88.9 Å². The normalized spacial score (nSPS) is 16.9. The number of nitrogens with one attached hydrogen (secondary N) is 1. The van der Waals surface area contributed by atoms with Crippen LogP contribution in [0.5, 0.6) is 0 Å². The van der Waals surface area contributed by atoms with Gasteiger partial charge in [-0.2, -0.15) is 0 Å². The highest BCUT2D eigenvalue weighted by Gasteiger charge is 2.31. The van der Waals surface area contributed by atoms with Gasteiger partial charge in [-0.25, -0.2) is 4.68 Å². The second-order valence-electron chi connectivity index (χ2n) is 10.1. The first-order valence-electron chi connectivity index (χ1n) is 12.8. The molecule has 0 saturated carbocycles. The van der Waals surface area contributed by atoms with Crippen molar-refractivity contribution in [3.05, 3.63) is 87.5 Å². The van der Waals surface area contributed by atoms with Crippen LogP contribution in [0.15, 0.2) is 59.4 Å². The van der Waals surface area contributed by atoms with Gasteiger partial charge in [0.25, 0.3) is 5.56 Å². The first-order chi connectivity index (χ1) is 17.5. The van der Waals surface area contributed by atoms with Crippen LogP contribution in [-0.2, 0) is 24.4 Å². The van der Waals surface area contributed by atoms with Crippen LogP contribution in [-0.4, -0.2) is 42.8 Å². The molecule has 1 N–H and O–H groups in total. The number of tetrazole rings is 1. The van der Waals surface area contributed by atoms with Crippen molar-refractivity contribution in [3.63, 3.8) is 0 Å². The van der Waals surface area contributed by atoms with Gasteiger partial charge in [-0.3, -0.25) is 9.69 Å². The van der Waals surface area contributed by atoms with Gasteiger partial charge in [0.1, 0.15) is 0 Å². The van der Waals surface area contributed by atoms with Crippen LogP contribution in [0, 0.1) is 12.8 Å². The number of aromatic nitrogens is 5. The largest absolute Gasteiger partial charge is 0.376 e. The van der Waals surface area contributed by atoms with Crippen molar-refractivity contribution in [2.45, 2.75) is 65.4 Å². The van der Waals surface area contributed by atoms with Gasteiger partial charge >= 0.3 is 0 Å². The zero-order valence-corrected chi connectivity index (χ0v) is 21.2. The maximum atomic E-state index is 13.1. The van der Waals surface area contributed by atoms with E-state index in [9.17, 15) is 4.79 Å². The number of hydrogen-bond donors (Lipinski definition) is 1. The third-order valence-electron chi connectivity index (χ3n) is 6.93. The molecule has 36 heavy (non-hydrogen) atoms. The molecule has 3 heterocycles. The fraction of sp³-hybridized carbons (Fsp3) is 0.429. The summed E-state index contributed by atoms with van der Waals surface area (Å²) in [6.45, 7) is 9.00. The molecule has 0 radical (unpaired) electrons. The number of aryl methyl sites for hydroxylation is 1. The number of hydrogen-bond acceptors (Lipinski definition) is 6. The van der Waals surface area contributed by atoms with Gasteiger partial charge in [-0.1, -0.05) is 55.8 Å². The molecule has 2 aromatic carbocycles. The Morgan fingerprint density at radius 3 is 2.72 bits per heavy atom. The molecule has 2 aromatic heterocycles. The van der Waals surface area contributed by atoms with Crippen LogP contribution >= 0.6 is 0 Å². The Labute approximate surface area is 211 Å². The Hall–Kier alpha value is -3.36. The van der Waals surface area contributed by atoms with Crippen molar-refractivity contribution < 1.29 is 4.74 Å². The molecule has 1 aliphatic rings. The van der Waals surface area contributed by atoms with E-state index in [1.165, 1.54) is 5.56 Å². The zero-order valence-electron chi connectivity index (χ0n) is 21.2. The molecule has 0 spiro atoms. The van der Waals surface area contributed by atoms with Gasteiger partial charge in [0.15, 0.2) is 5.82 Å². The van der Waals surface area contributed by atoms with E-state index < -0.39 is 0 Å². The molecule has 1 aliphatic heterocycles. The Bertz CT molecular complexity index is 1360. The molecule has 8 heteroatoms. The van der Waals surface area contributed by atoms with Crippen LogP contribution in [0.25, 0.3) is 10.9 Å². The Morgan fingerprint density at radius 1 is 1.14 bits per heavy atom. The predicted molar refractivity (Wildman–Crippen MR) is 139 cm³/mol. The van der Waals surface area contributed by atoms with E-state index in [1.807, 2.05) is 41.1 Å². The van der Waals surface area contributed by atoms with E-state index in [4.69, 9.17) is 4.74 Å². The van der Waals surface area contributed by atoms with E-state index in [2.05, 4.69) is 64.4 Å². The summed E-state index contributed by atoms with van der Waals surface area (Å²) in [6, 6.07) is 18.4. The smallest absolute Gasteiger partial charge is 0.252 e. The number of ether oxygens (including phenoxy) is 1. The summed E-state index contributed by atoms with van der Waals surface area (Å²) in [5.74, 6) is 1.02. The molecule has 2 atom stereocenters. The lowest BCUT2D eigenvalue weighted by Gasteiger charge is -2.33. The van der Waals surface area contributed by atoms with Crippen LogP contribution in [0.1, 0.15) is 55.2 Å². The van der Waals surface area contributed by atoms with Crippen LogP contribution in [0.4, 0.5) is 0 Å². The Morgan fingerprint density at radius 2 is 1.97 bits per heavy atom. The number of rotatable bonds is 9. The molecule has 5 rings (SSSR count). The predicted octanol–water partition coefficient (Wildman–Crippen LogP) is 4.40. The first kappa shape index (κ1) is 24.3. The molecule has 0 aliphatic carbocycles. The summed E-state index contributed by atoms with van der Waals surface area (Å²) in [5, 5.41) is 13.9. The van der Waals surface area contributed by atoms with E-state index >= 15 is 0 Å². The molecular formula is C28H34N6O2. The van der Waals surface area contributed by atoms with E-state index in [-0.39, 0.29) is 23.6 Å². The van der Waals surface area contributed by atoms with Crippen molar-refractivity contribution in [2.75, 3.05) is 6.61 Å². The minimum absolute atomic E-state index is 0.0640. The second kappa shape index (κ2) is 10.7. The summed E-state index contributed by atoms with van der Waals surface area (Å²) in [6.07, 6.45) is 2.22. The highest BCUT2D eigenvalue weighted by Crippen LogP contribution is 2.31. The zero-order chi connectivity index (χ0) is 25.1. The maximum Gasteiger partial charge on any atom is 0.252 e. The Balaban J connectivity index is 1.53. The maximum absolute atomic E-state index is 13.1. The minimum atomic E-state index is -0.0887. The van der Waals surface area contributed by atoms with Crippen molar-refractivity contribution in [3.8, 4) is 0 Å². The molecule has 4 aromatic rings. The average molecular weight is 487 g/mol. The second-order valence-corrected chi connectivity index (χ2v) is 10.1. The van der Waals surface area contributed by atoms with Crippen molar-refractivity contribution in [1.29, 1.82) is 0 Å². The molecule has 1 fully saturated rings. The molecular weight excluding hydrogens is 452 g/mol. The standard InChI is InChI=1S/C28H34N6O2/c1-19(2)26(27-30-31-32-34(27)18-24-10-7-13-36-24)33(16-21-8-5-4-6-9-21)17-23-15-22-14-20(3)11-12-25(22)29-28(23)35/h4-6,8-9,11-12,14-15,19,24,26H,7,10,13,16-18H2,1-3H3,(H,29,35). The van der Waals surface area contributed by atoms with Gasteiger partial charge in [-0.05, 0) is 65.3 Å². The Kier molecular flexibility index (Phi) is 7.25. The fourth-order valence-electron chi connectivity index (χ4n) is 5.20. The number of H-pyrrole nitrogens is 1. The lowest BCUT2D eigenvalue weighted by atomic mass is 9.99. The first-order valence-corrected chi connectivity index (χ1v) is 12.8. The molecule has 188 valence electrons. The highest BCUT2D eigenvalue weighted by molar-refractivity contribution is 5.79. The van der Waals surface area contributed by atoms with Gasteiger partial charge in [0.2, 0.25) is 0 Å². The third kappa shape index (κ3) is 5.39. The molecule has 0 bridgehead atoms. The van der Waals surface area contributed by atoms with Crippen LogP contribution in [0.3, 0.4) is 0 Å². The van der Waals surface area contributed by atoms with Crippen LogP contribution < -0.4 is 5.56 Å². The van der Waals surface area contributed by atoms with Gasteiger partial charge < -0.3 is 9.72 Å². The van der Waals surface area contributed by atoms with E-state index in [0.29, 0.717) is 19.6 Å². The number of nitrogens with zero attached hydrogens (tertiary/aromatic N) is 5. The molecule has 0 amide bonds. The number of pyridine rings is 1. The summed E-state index contributed by atoms with van der Waals surface area (Å²) in [7, 11) is 0. The number of benzene rings is 2. The van der Waals surface area contributed by atoms with Gasteiger partial charge in [-0.15, -0.1) is 5.10 Å². The van der Waals surface area contributed by atoms with E-state index in [1.54, 1.807) is 0 Å². The monoisotopic (exact) mass is 486 g/mol. The summed E-state index contributed by atoms with van der Waals surface area (Å²) in [5.41, 5.74) is 3.85. The number of aromatic amines is 1.